The van der Waals surface area contributed by atoms with Gasteiger partial charge in [-0.1, -0.05) is 5.92 Å². The summed E-state index contributed by atoms with van der Waals surface area (Å²) in [6.45, 7) is 2.60. The van der Waals surface area contributed by atoms with Gasteiger partial charge < -0.3 is 16.0 Å². The topological polar surface area (TPSA) is 58.4 Å². The van der Waals surface area contributed by atoms with Crippen LogP contribution in [0.4, 0.5) is 4.79 Å². The van der Waals surface area contributed by atoms with Gasteiger partial charge in [0.25, 0.3) is 0 Å². The van der Waals surface area contributed by atoms with Crippen LogP contribution in [0.2, 0.25) is 0 Å². The first-order chi connectivity index (χ1) is 6.77. The molecule has 0 saturated carbocycles. The van der Waals surface area contributed by atoms with Crippen molar-refractivity contribution in [2.75, 3.05) is 26.2 Å². The first-order valence-electron chi connectivity index (χ1n) is 4.94. The number of hydrogen-bond acceptors (Lipinski definition) is 2. The number of piperidine rings is 1. The van der Waals surface area contributed by atoms with Crippen LogP contribution in [0.15, 0.2) is 0 Å². The molecule has 1 aliphatic heterocycles. The molecule has 0 radical (unpaired) electrons. The van der Waals surface area contributed by atoms with E-state index in [9.17, 15) is 4.79 Å². The van der Waals surface area contributed by atoms with E-state index in [4.69, 9.17) is 12.2 Å². The van der Waals surface area contributed by atoms with E-state index in [2.05, 4.69) is 11.2 Å². The van der Waals surface area contributed by atoms with Gasteiger partial charge in [-0.05, 0) is 25.3 Å². The molecule has 0 unspecified atom stereocenters. The van der Waals surface area contributed by atoms with Crippen molar-refractivity contribution < 1.29 is 4.79 Å². The van der Waals surface area contributed by atoms with Crippen LogP contribution in [0.1, 0.15) is 12.8 Å². The molecule has 1 saturated heterocycles. The maximum atomic E-state index is 11.4. The fraction of sp³-hybridized carbons (Fsp3) is 0.700. The smallest absolute Gasteiger partial charge is 0.318 e. The zero-order valence-corrected chi connectivity index (χ0v) is 8.33. The van der Waals surface area contributed by atoms with E-state index < -0.39 is 0 Å². The van der Waals surface area contributed by atoms with Crippen molar-refractivity contribution in [3.05, 3.63) is 0 Å². The molecular formula is C10H17N3O. The number of urea groups is 1. The van der Waals surface area contributed by atoms with E-state index in [1.165, 1.54) is 0 Å². The highest BCUT2D eigenvalue weighted by molar-refractivity contribution is 5.74. The largest absolute Gasteiger partial charge is 0.330 e. The van der Waals surface area contributed by atoms with Gasteiger partial charge in [0, 0.05) is 13.1 Å². The number of hydrogen-bond donors (Lipinski definition) is 2. The molecular weight excluding hydrogens is 178 g/mol. The van der Waals surface area contributed by atoms with Gasteiger partial charge in [0.15, 0.2) is 0 Å². The normalized spacial score (nSPS) is 17.6. The molecule has 14 heavy (non-hydrogen) atoms. The first-order valence-corrected chi connectivity index (χ1v) is 4.94. The zero-order chi connectivity index (χ0) is 10.4. The molecule has 4 nitrogen and oxygen atoms in total. The summed E-state index contributed by atoms with van der Waals surface area (Å²) in [5.74, 6) is 2.95. The van der Waals surface area contributed by atoms with Crippen LogP contribution in [0.3, 0.4) is 0 Å². The van der Waals surface area contributed by atoms with Crippen LogP contribution >= 0.6 is 0 Å². The van der Waals surface area contributed by atoms with Gasteiger partial charge in [-0.15, -0.1) is 6.42 Å². The second-order valence-corrected chi connectivity index (χ2v) is 3.53. The Labute approximate surface area is 84.8 Å². The summed E-state index contributed by atoms with van der Waals surface area (Å²) >= 11 is 0. The molecule has 2 amide bonds. The van der Waals surface area contributed by atoms with Crippen molar-refractivity contribution in [3.8, 4) is 12.3 Å². The minimum absolute atomic E-state index is 0.0570. The lowest BCUT2D eigenvalue weighted by molar-refractivity contribution is 0.173. The van der Waals surface area contributed by atoms with Crippen molar-refractivity contribution >= 4 is 6.03 Å². The van der Waals surface area contributed by atoms with Gasteiger partial charge in [-0.2, -0.15) is 0 Å². The molecule has 1 aliphatic rings. The highest BCUT2D eigenvalue weighted by Gasteiger charge is 2.21. The molecule has 4 heteroatoms. The molecule has 1 rings (SSSR count). The fourth-order valence-corrected chi connectivity index (χ4v) is 1.61. The Morgan fingerprint density at radius 2 is 2.21 bits per heavy atom. The highest BCUT2D eigenvalue weighted by atomic mass is 16.2. The van der Waals surface area contributed by atoms with Gasteiger partial charge >= 0.3 is 6.03 Å². The number of amides is 2. The second-order valence-electron chi connectivity index (χ2n) is 3.53. The predicted octanol–water partition coefficient (Wildman–Crippen LogP) is -0.0001000. The third-order valence-electron chi connectivity index (χ3n) is 2.58. The summed E-state index contributed by atoms with van der Waals surface area (Å²) in [5, 5.41) is 2.65. The molecule has 0 aromatic rings. The number of terminal acetylenes is 1. The molecule has 3 N–H and O–H groups in total. The highest BCUT2D eigenvalue weighted by Crippen LogP contribution is 2.15. The number of nitrogens with one attached hydrogen (secondary N) is 1. The van der Waals surface area contributed by atoms with Crippen molar-refractivity contribution in [2.45, 2.75) is 12.8 Å². The number of carbonyl (C=O) groups excluding carboxylic acids is 1. The Balaban J connectivity index is 2.27. The Kier molecular flexibility index (Phi) is 4.27. The lowest BCUT2D eigenvalue weighted by Crippen LogP contribution is -2.45. The molecule has 78 valence electrons. The Bertz CT molecular complexity index is 226. The maximum Gasteiger partial charge on any atom is 0.318 e. The number of carbonyl (C=O) groups is 1. The van der Waals surface area contributed by atoms with E-state index >= 15 is 0 Å². The van der Waals surface area contributed by atoms with Crippen LogP contribution in [-0.2, 0) is 0 Å². The first kappa shape index (κ1) is 10.9. The third kappa shape index (κ3) is 2.93. The molecule has 0 atom stereocenters. The van der Waals surface area contributed by atoms with Crippen molar-refractivity contribution in [2.24, 2.45) is 11.7 Å². The summed E-state index contributed by atoms with van der Waals surface area (Å²) in [4.78, 5) is 13.2. The van der Waals surface area contributed by atoms with Gasteiger partial charge in [0.05, 0.1) is 6.54 Å². The number of likely N-dealkylation sites (tertiary alicyclic amines) is 1. The van der Waals surface area contributed by atoms with E-state index in [1.807, 2.05) is 0 Å². The van der Waals surface area contributed by atoms with Gasteiger partial charge in [-0.3, -0.25) is 0 Å². The number of rotatable bonds is 2. The number of nitrogens with zero attached hydrogens (tertiary/aromatic N) is 1. The van der Waals surface area contributed by atoms with Gasteiger partial charge in [0.1, 0.15) is 0 Å². The second kappa shape index (κ2) is 5.51. The summed E-state index contributed by atoms with van der Waals surface area (Å²) in [6.07, 6.45) is 7.05. The van der Waals surface area contributed by atoms with Crippen molar-refractivity contribution in [3.63, 3.8) is 0 Å². The van der Waals surface area contributed by atoms with Crippen LogP contribution in [0, 0.1) is 18.3 Å². The van der Waals surface area contributed by atoms with E-state index in [1.54, 1.807) is 4.90 Å². The Hall–Kier alpha value is -1.21. The van der Waals surface area contributed by atoms with Crippen LogP contribution < -0.4 is 11.1 Å². The lowest BCUT2D eigenvalue weighted by Gasteiger charge is -2.31. The molecule has 0 bridgehead atoms. The molecule has 0 aromatic heterocycles. The zero-order valence-electron chi connectivity index (χ0n) is 8.33. The van der Waals surface area contributed by atoms with E-state index in [0.717, 1.165) is 32.5 Å². The third-order valence-corrected chi connectivity index (χ3v) is 2.58. The van der Waals surface area contributed by atoms with Crippen molar-refractivity contribution in [1.29, 1.82) is 0 Å². The molecule has 0 spiro atoms. The minimum Gasteiger partial charge on any atom is -0.330 e. The Morgan fingerprint density at radius 1 is 1.57 bits per heavy atom. The van der Waals surface area contributed by atoms with E-state index in [-0.39, 0.29) is 6.03 Å². The molecule has 0 aliphatic carbocycles. The van der Waals surface area contributed by atoms with Gasteiger partial charge in [-0.25, -0.2) is 4.79 Å². The monoisotopic (exact) mass is 195 g/mol. The minimum atomic E-state index is -0.0570. The summed E-state index contributed by atoms with van der Waals surface area (Å²) in [5.41, 5.74) is 5.56. The summed E-state index contributed by atoms with van der Waals surface area (Å²) in [7, 11) is 0. The standard InChI is InChI=1S/C10H17N3O/c1-2-5-12-10(14)13-6-3-9(8-11)4-7-13/h1,9H,3-8,11H2,(H,12,14). The van der Waals surface area contributed by atoms with Crippen LogP contribution in [-0.4, -0.2) is 37.1 Å². The molecule has 1 heterocycles. The van der Waals surface area contributed by atoms with E-state index in [0.29, 0.717) is 12.5 Å². The summed E-state index contributed by atoms with van der Waals surface area (Å²) < 4.78 is 0. The van der Waals surface area contributed by atoms with Crippen LogP contribution in [0.5, 0.6) is 0 Å². The predicted molar refractivity (Wildman–Crippen MR) is 55.6 cm³/mol. The van der Waals surface area contributed by atoms with Crippen LogP contribution in [0.25, 0.3) is 0 Å². The SMILES string of the molecule is C#CCNC(=O)N1CCC(CN)CC1. The fourth-order valence-electron chi connectivity index (χ4n) is 1.61. The molecule has 1 fully saturated rings. The average Bonchev–Trinajstić information content (AvgIpc) is 2.26. The quantitative estimate of drug-likeness (QED) is 0.609. The number of nitrogens with two attached hydrogens (primary N) is 1. The van der Waals surface area contributed by atoms with Gasteiger partial charge in [0.2, 0.25) is 0 Å². The summed E-state index contributed by atoms with van der Waals surface area (Å²) in [6, 6.07) is -0.0570. The Morgan fingerprint density at radius 3 is 2.71 bits per heavy atom. The van der Waals surface area contributed by atoms with Crippen molar-refractivity contribution in [1.82, 2.24) is 10.2 Å². The average molecular weight is 195 g/mol. The molecule has 0 aromatic carbocycles. The maximum absolute atomic E-state index is 11.4. The lowest BCUT2D eigenvalue weighted by atomic mass is 9.97.